The number of benzene rings is 1. The molecule has 2 aromatic rings. The summed E-state index contributed by atoms with van der Waals surface area (Å²) in [4.78, 5) is 26.7. The average Bonchev–Trinajstić information content (AvgIpc) is 3.17. The number of anilines is 1. The van der Waals surface area contributed by atoms with E-state index in [-0.39, 0.29) is 18.1 Å². The van der Waals surface area contributed by atoms with Crippen molar-refractivity contribution >= 4 is 22.8 Å². The Morgan fingerprint density at radius 3 is 2.81 bits per heavy atom. The van der Waals surface area contributed by atoms with Gasteiger partial charge in [-0.3, -0.25) is 4.79 Å². The minimum Gasteiger partial charge on any atom is -0.380 e. The number of amides is 1. The highest BCUT2D eigenvalue weighted by molar-refractivity contribution is 5.86. The summed E-state index contributed by atoms with van der Waals surface area (Å²) >= 11 is 0. The number of para-hydroxylation sites is 1. The number of hydrogen-bond donors (Lipinski definition) is 0. The van der Waals surface area contributed by atoms with Crippen molar-refractivity contribution in [2.75, 3.05) is 31.6 Å². The molecule has 2 saturated heterocycles. The van der Waals surface area contributed by atoms with Gasteiger partial charge in [-0.2, -0.15) is 0 Å². The van der Waals surface area contributed by atoms with Gasteiger partial charge in [0.15, 0.2) is 0 Å². The maximum atomic E-state index is 13.2. The molecule has 6 heteroatoms. The van der Waals surface area contributed by atoms with Crippen LogP contribution in [-0.2, 0) is 9.53 Å². The van der Waals surface area contributed by atoms with Crippen LogP contribution in [0.15, 0.2) is 24.3 Å². The van der Waals surface area contributed by atoms with Crippen LogP contribution in [0, 0.1) is 6.92 Å². The molecule has 4 rings (SSSR count). The van der Waals surface area contributed by atoms with E-state index >= 15 is 0 Å². The largest absolute Gasteiger partial charge is 0.380 e. The SMILES string of the molecule is COC1CCCN(C(=O)C2CCCN2c2nc(C)c3ccccc3n2)C1. The third-order valence-electron chi connectivity index (χ3n) is 5.60. The number of fused-ring (bicyclic) bond motifs is 1. The number of carbonyl (C=O) groups is 1. The molecule has 0 radical (unpaired) electrons. The van der Waals surface area contributed by atoms with Crippen molar-refractivity contribution < 1.29 is 9.53 Å². The number of ether oxygens (including phenoxy) is 1. The van der Waals surface area contributed by atoms with Crippen LogP contribution in [-0.4, -0.2) is 59.7 Å². The van der Waals surface area contributed by atoms with Gasteiger partial charge < -0.3 is 14.5 Å². The van der Waals surface area contributed by atoms with Crippen molar-refractivity contribution in [3.63, 3.8) is 0 Å². The van der Waals surface area contributed by atoms with Gasteiger partial charge in [-0.1, -0.05) is 18.2 Å². The molecule has 26 heavy (non-hydrogen) atoms. The monoisotopic (exact) mass is 354 g/mol. The normalized spacial score (nSPS) is 23.6. The van der Waals surface area contributed by atoms with Crippen LogP contribution >= 0.6 is 0 Å². The lowest BCUT2D eigenvalue weighted by molar-refractivity contribution is -0.136. The van der Waals surface area contributed by atoms with E-state index in [1.54, 1.807) is 7.11 Å². The third-order valence-corrected chi connectivity index (χ3v) is 5.60. The van der Waals surface area contributed by atoms with Gasteiger partial charge in [-0.25, -0.2) is 9.97 Å². The number of piperidine rings is 1. The Kier molecular flexibility index (Phi) is 4.76. The molecule has 138 valence electrons. The predicted molar refractivity (Wildman–Crippen MR) is 101 cm³/mol. The highest BCUT2D eigenvalue weighted by atomic mass is 16.5. The Morgan fingerprint density at radius 2 is 1.96 bits per heavy atom. The summed E-state index contributed by atoms with van der Waals surface area (Å²) < 4.78 is 5.48. The molecule has 1 aromatic carbocycles. The van der Waals surface area contributed by atoms with Crippen molar-refractivity contribution in [3.05, 3.63) is 30.0 Å². The van der Waals surface area contributed by atoms with Gasteiger partial charge >= 0.3 is 0 Å². The van der Waals surface area contributed by atoms with E-state index in [0.29, 0.717) is 12.5 Å². The second kappa shape index (κ2) is 7.19. The standard InChI is InChI=1S/C20H26N4O2/c1-14-16-8-3-4-9-17(16)22-20(21-14)24-12-6-10-18(24)19(25)23-11-5-7-15(13-23)26-2/h3-4,8-9,15,18H,5-7,10-13H2,1-2H3. The molecule has 2 fully saturated rings. The number of hydrogen-bond acceptors (Lipinski definition) is 5. The van der Waals surface area contributed by atoms with Crippen molar-refractivity contribution in [2.24, 2.45) is 0 Å². The Labute approximate surface area is 154 Å². The lowest BCUT2D eigenvalue weighted by Gasteiger charge is -2.35. The first kappa shape index (κ1) is 17.2. The molecule has 0 N–H and O–H groups in total. The summed E-state index contributed by atoms with van der Waals surface area (Å²) in [5, 5.41) is 1.07. The summed E-state index contributed by atoms with van der Waals surface area (Å²) in [6.07, 6.45) is 4.04. The van der Waals surface area contributed by atoms with Gasteiger partial charge in [0.25, 0.3) is 0 Å². The molecular formula is C20H26N4O2. The fraction of sp³-hybridized carbons (Fsp3) is 0.550. The molecule has 3 heterocycles. The average molecular weight is 354 g/mol. The van der Waals surface area contributed by atoms with E-state index < -0.39 is 0 Å². The predicted octanol–water partition coefficient (Wildman–Crippen LogP) is 2.54. The van der Waals surface area contributed by atoms with Crippen LogP contribution in [0.3, 0.4) is 0 Å². The molecule has 0 spiro atoms. The van der Waals surface area contributed by atoms with Crippen molar-refractivity contribution in [2.45, 2.75) is 44.8 Å². The Hall–Kier alpha value is -2.21. The first-order chi connectivity index (χ1) is 12.7. The van der Waals surface area contributed by atoms with E-state index in [2.05, 4.69) is 4.90 Å². The molecule has 2 aliphatic heterocycles. The van der Waals surface area contributed by atoms with Crippen LogP contribution in [0.4, 0.5) is 5.95 Å². The van der Waals surface area contributed by atoms with E-state index in [9.17, 15) is 4.79 Å². The summed E-state index contributed by atoms with van der Waals surface area (Å²) in [5.74, 6) is 0.871. The van der Waals surface area contributed by atoms with E-state index in [0.717, 1.165) is 55.4 Å². The van der Waals surface area contributed by atoms with Gasteiger partial charge in [0.2, 0.25) is 11.9 Å². The van der Waals surface area contributed by atoms with Crippen LogP contribution < -0.4 is 4.90 Å². The third kappa shape index (κ3) is 3.14. The summed E-state index contributed by atoms with van der Waals surface area (Å²) in [7, 11) is 1.73. The second-order valence-electron chi connectivity index (χ2n) is 7.26. The first-order valence-corrected chi connectivity index (χ1v) is 9.49. The fourth-order valence-corrected chi connectivity index (χ4v) is 4.15. The smallest absolute Gasteiger partial charge is 0.245 e. The number of aryl methyl sites for hydroxylation is 1. The van der Waals surface area contributed by atoms with E-state index in [1.165, 1.54) is 0 Å². The molecule has 6 nitrogen and oxygen atoms in total. The Bertz CT molecular complexity index is 809. The Balaban J connectivity index is 1.59. The lowest BCUT2D eigenvalue weighted by Crippen LogP contribution is -2.51. The van der Waals surface area contributed by atoms with Gasteiger partial charge in [0.05, 0.1) is 17.3 Å². The topological polar surface area (TPSA) is 58.6 Å². The van der Waals surface area contributed by atoms with Crippen molar-refractivity contribution in [3.8, 4) is 0 Å². The number of likely N-dealkylation sites (tertiary alicyclic amines) is 1. The Morgan fingerprint density at radius 1 is 1.15 bits per heavy atom. The van der Waals surface area contributed by atoms with Crippen molar-refractivity contribution in [1.82, 2.24) is 14.9 Å². The molecule has 1 amide bonds. The zero-order valence-corrected chi connectivity index (χ0v) is 15.5. The minimum absolute atomic E-state index is 0.154. The highest BCUT2D eigenvalue weighted by Gasteiger charge is 2.37. The number of rotatable bonds is 3. The van der Waals surface area contributed by atoms with Gasteiger partial charge in [0.1, 0.15) is 6.04 Å². The van der Waals surface area contributed by atoms with Crippen LogP contribution in [0.25, 0.3) is 10.9 Å². The summed E-state index contributed by atoms with van der Waals surface area (Å²) in [5.41, 5.74) is 1.90. The molecule has 1 aromatic heterocycles. The number of aromatic nitrogens is 2. The molecular weight excluding hydrogens is 328 g/mol. The van der Waals surface area contributed by atoms with Gasteiger partial charge in [-0.05, 0) is 38.7 Å². The number of nitrogens with zero attached hydrogens (tertiary/aromatic N) is 4. The first-order valence-electron chi connectivity index (χ1n) is 9.49. The molecule has 0 bridgehead atoms. The summed E-state index contributed by atoms with van der Waals surface area (Å²) in [6, 6.07) is 7.88. The van der Waals surface area contributed by atoms with Gasteiger partial charge in [-0.15, -0.1) is 0 Å². The molecule has 2 atom stereocenters. The fourth-order valence-electron chi connectivity index (χ4n) is 4.15. The maximum absolute atomic E-state index is 13.2. The van der Waals surface area contributed by atoms with Crippen molar-refractivity contribution in [1.29, 1.82) is 0 Å². The van der Waals surface area contributed by atoms with Gasteiger partial charge in [0, 0.05) is 32.1 Å². The second-order valence-corrected chi connectivity index (χ2v) is 7.26. The summed E-state index contributed by atoms with van der Waals surface area (Å²) in [6.45, 7) is 4.35. The zero-order valence-electron chi connectivity index (χ0n) is 15.5. The molecule has 2 unspecified atom stereocenters. The highest BCUT2D eigenvalue weighted by Crippen LogP contribution is 2.27. The number of methoxy groups -OCH3 is 1. The van der Waals surface area contributed by atoms with E-state index in [4.69, 9.17) is 14.7 Å². The minimum atomic E-state index is -0.161. The number of carbonyl (C=O) groups excluding carboxylic acids is 1. The van der Waals surface area contributed by atoms with Crippen LogP contribution in [0.5, 0.6) is 0 Å². The van der Waals surface area contributed by atoms with Crippen LogP contribution in [0.1, 0.15) is 31.4 Å². The molecule has 0 saturated carbocycles. The maximum Gasteiger partial charge on any atom is 0.245 e. The molecule has 0 aliphatic carbocycles. The quantitative estimate of drug-likeness (QED) is 0.848. The lowest BCUT2D eigenvalue weighted by atomic mass is 10.1. The molecule has 2 aliphatic rings. The van der Waals surface area contributed by atoms with Crippen LogP contribution in [0.2, 0.25) is 0 Å². The van der Waals surface area contributed by atoms with E-state index in [1.807, 2.05) is 36.1 Å². The zero-order chi connectivity index (χ0) is 18.1.